The molecule has 0 bridgehead atoms. The van der Waals surface area contributed by atoms with Crippen LogP contribution in [0.4, 0.5) is 16.7 Å². The molecule has 1 aliphatic heterocycles. The Labute approximate surface area is 181 Å². The number of nitrogens with zero attached hydrogens (tertiary/aromatic N) is 5. The molecule has 3 heterocycles. The number of rotatable bonds is 5. The number of amides is 1. The molecule has 1 saturated carbocycles. The third-order valence-electron chi connectivity index (χ3n) is 4.64. The van der Waals surface area contributed by atoms with Crippen molar-refractivity contribution >= 4 is 18.0 Å². The van der Waals surface area contributed by atoms with E-state index in [-0.39, 0.29) is 18.2 Å². The predicted octanol–water partition coefficient (Wildman–Crippen LogP) is 1.77. The number of nitrogens with two attached hydrogens (primary N) is 2. The first-order valence-electron chi connectivity index (χ1n) is 10.3. The number of carbonyl (C=O) groups excluding carboxylic acids is 1. The van der Waals surface area contributed by atoms with Crippen LogP contribution in [-0.2, 0) is 9.47 Å². The highest BCUT2D eigenvalue weighted by atomic mass is 16.6. The van der Waals surface area contributed by atoms with Gasteiger partial charge in [-0.2, -0.15) is 4.98 Å². The smallest absolute Gasteiger partial charge is 0.404 e. The number of hydrogen-bond acceptors (Lipinski definition) is 10. The molecule has 1 saturated heterocycles. The van der Waals surface area contributed by atoms with Gasteiger partial charge in [0, 0.05) is 37.1 Å². The van der Waals surface area contributed by atoms with Crippen LogP contribution in [0.1, 0.15) is 33.1 Å². The molecule has 168 valence electrons. The molecule has 1 aliphatic carbocycles. The Kier molecular flexibility index (Phi) is 7.76. The maximum Gasteiger partial charge on any atom is 0.404 e. The number of morpholine rings is 1. The van der Waals surface area contributed by atoms with Crippen molar-refractivity contribution in [2.75, 3.05) is 36.9 Å². The lowest BCUT2D eigenvalue weighted by molar-refractivity contribution is 0.113. The van der Waals surface area contributed by atoms with Gasteiger partial charge in [-0.15, -0.1) is 0 Å². The molecule has 0 spiro atoms. The average molecular weight is 431 g/mol. The molecule has 2 aromatic heterocycles. The van der Waals surface area contributed by atoms with Crippen molar-refractivity contribution in [3.63, 3.8) is 0 Å². The van der Waals surface area contributed by atoms with E-state index in [0.717, 1.165) is 37.2 Å². The average Bonchev–Trinajstić information content (AvgIpc) is 2.71. The minimum Gasteiger partial charge on any atom is -0.474 e. The first-order valence-corrected chi connectivity index (χ1v) is 10.3. The number of carbonyl (C=O) groups is 1. The third kappa shape index (κ3) is 6.92. The van der Waals surface area contributed by atoms with E-state index < -0.39 is 6.09 Å². The molecule has 1 amide bonds. The van der Waals surface area contributed by atoms with Crippen LogP contribution in [0, 0.1) is 0 Å². The number of ether oxygens (including phenoxy) is 3. The minimum absolute atomic E-state index is 0.0995. The molecular formula is C20H29N7O4. The molecule has 31 heavy (non-hydrogen) atoms. The van der Waals surface area contributed by atoms with E-state index in [9.17, 15) is 4.79 Å². The summed E-state index contributed by atoms with van der Waals surface area (Å²) in [6.45, 7) is 6.37. The van der Waals surface area contributed by atoms with E-state index in [1.54, 1.807) is 26.2 Å². The van der Waals surface area contributed by atoms with Crippen molar-refractivity contribution in [2.45, 2.75) is 45.3 Å². The summed E-state index contributed by atoms with van der Waals surface area (Å²) in [4.78, 5) is 29.3. The Morgan fingerprint density at radius 3 is 2.39 bits per heavy atom. The Morgan fingerprint density at radius 1 is 1.19 bits per heavy atom. The number of nitrogen functional groups attached to an aromatic ring is 1. The topological polar surface area (TPSA) is 152 Å². The van der Waals surface area contributed by atoms with Crippen molar-refractivity contribution < 1.29 is 19.0 Å². The Bertz CT molecular complexity index is 853. The summed E-state index contributed by atoms with van der Waals surface area (Å²) in [6, 6.07) is 1.84. The fourth-order valence-corrected chi connectivity index (χ4v) is 2.89. The summed E-state index contributed by atoms with van der Waals surface area (Å²) in [5, 5.41) is 0. The fraction of sp³-hybridized carbons (Fsp3) is 0.550. The highest BCUT2D eigenvalue weighted by Crippen LogP contribution is 2.28. The molecular weight excluding hydrogens is 402 g/mol. The standard InChI is InChI=1S/C16H20N6O2.C4H9NO2/c17-15-18-9-11(10-19-15)13-8-14(24-12-2-1-3-12)21-16(20-13)22-4-6-23-7-5-22;1-3(2)7-4(5)6/h8-10,12H,1-7H2,(H2,17,18,19);3H,1-2H3,(H2,5,6). The molecule has 2 aromatic rings. The molecule has 11 heteroatoms. The van der Waals surface area contributed by atoms with Crippen LogP contribution < -0.4 is 21.1 Å². The Hall–Kier alpha value is -3.21. The zero-order chi connectivity index (χ0) is 22.2. The van der Waals surface area contributed by atoms with Crippen LogP contribution in [0.2, 0.25) is 0 Å². The second kappa shape index (κ2) is 10.7. The monoisotopic (exact) mass is 431 g/mol. The van der Waals surface area contributed by atoms with Gasteiger partial charge in [0.25, 0.3) is 0 Å². The highest BCUT2D eigenvalue weighted by Gasteiger charge is 2.22. The van der Waals surface area contributed by atoms with Gasteiger partial charge in [-0.25, -0.2) is 19.7 Å². The van der Waals surface area contributed by atoms with E-state index in [1.165, 1.54) is 6.42 Å². The lowest BCUT2D eigenvalue weighted by Crippen LogP contribution is -2.37. The number of anilines is 2. The van der Waals surface area contributed by atoms with Crippen LogP contribution >= 0.6 is 0 Å². The van der Waals surface area contributed by atoms with Crippen molar-refractivity contribution in [2.24, 2.45) is 5.73 Å². The SMILES string of the molecule is CC(C)OC(N)=O.Nc1ncc(-c2cc(OC3CCC3)nc(N3CCOCC3)n2)cn1. The predicted molar refractivity (Wildman–Crippen MR) is 115 cm³/mol. The molecule has 0 aromatic carbocycles. The van der Waals surface area contributed by atoms with Crippen LogP contribution in [0.25, 0.3) is 11.3 Å². The maximum atomic E-state index is 9.81. The van der Waals surface area contributed by atoms with Gasteiger partial charge in [0.05, 0.1) is 25.0 Å². The van der Waals surface area contributed by atoms with Gasteiger partial charge in [-0.3, -0.25) is 0 Å². The van der Waals surface area contributed by atoms with E-state index >= 15 is 0 Å². The largest absolute Gasteiger partial charge is 0.474 e. The minimum atomic E-state index is -0.713. The highest BCUT2D eigenvalue weighted by molar-refractivity contribution is 5.64. The first kappa shape index (κ1) is 22.5. The zero-order valence-corrected chi connectivity index (χ0v) is 17.9. The van der Waals surface area contributed by atoms with Gasteiger partial charge in [-0.1, -0.05) is 0 Å². The second-order valence-corrected chi connectivity index (χ2v) is 7.48. The normalized spacial score (nSPS) is 16.2. The molecule has 11 nitrogen and oxygen atoms in total. The summed E-state index contributed by atoms with van der Waals surface area (Å²) >= 11 is 0. The van der Waals surface area contributed by atoms with Crippen LogP contribution in [0.15, 0.2) is 18.5 Å². The molecule has 0 unspecified atom stereocenters. The lowest BCUT2D eigenvalue weighted by Gasteiger charge is -2.29. The summed E-state index contributed by atoms with van der Waals surface area (Å²) < 4.78 is 15.8. The molecule has 4 N–H and O–H groups in total. The molecule has 2 aliphatic rings. The molecule has 0 atom stereocenters. The van der Waals surface area contributed by atoms with Crippen molar-refractivity contribution in [3.05, 3.63) is 18.5 Å². The molecule has 2 fully saturated rings. The lowest BCUT2D eigenvalue weighted by atomic mass is 9.96. The van der Waals surface area contributed by atoms with E-state index in [4.69, 9.17) is 15.2 Å². The van der Waals surface area contributed by atoms with E-state index in [2.05, 4.69) is 35.3 Å². The van der Waals surface area contributed by atoms with Crippen molar-refractivity contribution in [1.29, 1.82) is 0 Å². The number of hydrogen-bond donors (Lipinski definition) is 2. The summed E-state index contributed by atoms with van der Waals surface area (Å²) in [5.41, 5.74) is 11.7. The number of aromatic nitrogens is 4. The van der Waals surface area contributed by atoms with Crippen LogP contribution in [0.5, 0.6) is 5.88 Å². The second-order valence-electron chi connectivity index (χ2n) is 7.48. The van der Waals surface area contributed by atoms with Crippen LogP contribution in [-0.4, -0.2) is 64.5 Å². The van der Waals surface area contributed by atoms with Gasteiger partial charge in [0.15, 0.2) is 0 Å². The van der Waals surface area contributed by atoms with Gasteiger partial charge in [0.2, 0.25) is 17.8 Å². The maximum absolute atomic E-state index is 9.81. The van der Waals surface area contributed by atoms with Crippen LogP contribution in [0.3, 0.4) is 0 Å². The molecule has 4 rings (SSSR count). The summed E-state index contributed by atoms with van der Waals surface area (Å²) in [6.07, 6.45) is 6.15. The fourth-order valence-electron chi connectivity index (χ4n) is 2.89. The van der Waals surface area contributed by atoms with Crippen molar-refractivity contribution in [3.8, 4) is 17.1 Å². The van der Waals surface area contributed by atoms with Crippen molar-refractivity contribution in [1.82, 2.24) is 19.9 Å². The van der Waals surface area contributed by atoms with Gasteiger partial charge in [0.1, 0.15) is 6.10 Å². The summed E-state index contributed by atoms with van der Waals surface area (Å²) in [5.74, 6) is 1.50. The quantitative estimate of drug-likeness (QED) is 0.716. The molecule has 0 radical (unpaired) electrons. The number of primary amides is 1. The first-order chi connectivity index (χ1) is 14.9. The van der Waals surface area contributed by atoms with Gasteiger partial charge < -0.3 is 30.6 Å². The Balaban J connectivity index is 0.000000339. The van der Waals surface area contributed by atoms with Gasteiger partial charge >= 0.3 is 6.09 Å². The third-order valence-corrected chi connectivity index (χ3v) is 4.64. The van der Waals surface area contributed by atoms with E-state index in [1.807, 2.05) is 6.07 Å². The van der Waals surface area contributed by atoms with Gasteiger partial charge in [-0.05, 0) is 33.1 Å². The Morgan fingerprint density at radius 2 is 1.87 bits per heavy atom. The van der Waals surface area contributed by atoms with E-state index in [0.29, 0.717) is 25.0 Å². The zero-order valence-electron chi connectivity index (χ0n) is 17.9. The summed E-state index contributed by atoms with van der Waals surface area (Å²) in [7, 11) is 0.